The summed E-state index contributed by atoms with van der Waals surface area (Å²) in [6, 6.07) is 40.5. The van der Waals surface area contributed by atoms with Crippen LogP contribution in [-0.4, -0.2) is 4.57 Å². The Morgan fingerprint density at radius 3 is 2.00 bits per heavy atom. The number of hydrogen-bond acceptors (Lipinski definition) is 1. The lowest BCUT2D eigenvalue weighted by molar-refractivity contribution is 0.674. The smallest absolute Gasteiger partial charge is 0.145 e. The van der Waals surface area contributed by atoms with Crippen molar-refractivity contribution in [3.05, 3.63) is 115 Å². The molecule has 0 saturated carbocycles. The van der Waals surface area contributed by atoms with E-state index in [-0.39, 0.29) is 0 Å². The van der Waals surface area contributed by atoms with Gasteiger partial charge in [-0.2, -0.15) is 0 Å². The van der Waals surface area contributed by atoms with E-state index in [1.54, 1.807) is 0 Å². The molecule has 2 heterocycles. The average Bonchev–Trinajstić information content (AvgIpc) is 3.41. The second-order valence-electron chi connectivity index (χ2n) is 8.17. The lowest BCUT2D eigenvalue weighted by atomic mass is 10.0. The predicted molar refractivity (Wildman–Crippen MR) is 133 cm³/mol. The minimum atomic E-state index is 0.942. The molecule has 0 amide bonds. The third kappa shape index (κ3) is 2.35. The Morgan fingerprint density at radius 2 is 1.16 bits per heavy atom. The zero-order valence-corrected chi connectivity index (χ0v) is 17.3. The topological polar surface area (TPSA) is 18.1 Å². The third-order valence-corrected chi connectivity index (χ3v) is 6.40. The van der Waals surface area contributed by atoms with Gasteiger partial charge < -0.3 is 8.98 Å². The van der Waals surface area contributed by atoms with Gasteiger partial charge in [0.25, 0.3) is 0 Å². The molecule has 0 saturated heterocycles. The Hall–Kier alpha value is -4.30. The second kappa shape index (κ2) is 6.60. The van der Waals surface area contributed by atoms with E-state index in [2.05, 4.69) is 114 Å². The van der Waals surface area contributed by atoms with E-state index >= 15 is 0 Å². The molecule has 2 heteroatoms. The van der Waals surface area contributed by atoms with Crippen molar-refractivity contribution in [3.8, 4) is 16.8 Å². The summed E-state index contributed by atoms with van der Waals surface area (Å²) in [6.07, 6.45) is 0. The quantitative estimate of drug-likeness (QED) is 0.280. The minimum Gasteiger partial charge on any atom is -0.455 e. The monoisotopic (exact) mass is 409 g/mol. The van der Waals surface area contributed by atoms with Crippen LogP contribution in [0.4, 0.5) is 0 Å². The summed E-state index contributed by atoms with van der Waals surface area (Å²) < 4.78 is 9.02. The summed E-state index contributed by atoms with van der Waals surface area (Å²) in [4.78, 5) is 0. The third-order valence-electron chi connectivity index (χ3n) is 6.40. The van der Waals surface area contributed by atoms with E-state index in [0.717, 1.165) is 44.1 Å². The van der Waals surface area contributed by atoms with Crippen LogP contribution in [0.2, 0.25) is 0 Å². The molecule has 2 aromatic heterocycles. The highest BCUT2D eigenvalue weighted by Crippen LogP contribution is 2.42. The van der Waals surface area contributed by atoms with Crippen LogP contribution in [0.25, 0.3) is 60.6 Å². The van der Waals surface area contributed by atoms with Gasteiger partial charge in [0.05, 0.1) is 16.4 Å². The maximum absolute atomic E-state index is 6.70. The Balaban J connectivity index is 1.65. The normalized spacial score (nSPS) is 11.8. The molecular weight excluding hydrogens is 390 g/mol. The van der Waals surface area contributed by atoms with E-state index < -0.39 is 0 Å². The number of benzene rings is 5. The highest BCUT2D eigenvalue weighted by molar-refractivity contribution is 6.24. The Morgan fingerprint density at radius 1 is 0.469 bits per heavy atom. The first-order valence-electron chi connectivity index (χ1n) is 10.9. The van der Waals surface area contributed by atoms with Crippen LogP contribution < -0.4 is 0 Å². The molecule has 0 fully saturated rings. The van der Waals surface area contributed by atoms with Gasteiger partial charge >= 0.3 is 0 Å². The first kappa shape index (κ1) is 17.4. The molecule has 150 valence electrons. The molecule has 0 aliphatic carbocycles. The maximum Gasteiger partial charge on any atom is 0.145 e. The van der Waals surface area contributed by atoms with Crippen LogP contribution in [0.1, 0.15) is 0 Å². The molecular formula is C30H19NO. The van der Waals surface area contributed by atoms with Gasteiger partial charge in [-0.25, -0.2) is 0 Å². The minimum absolute atomic E-state index is 0.942. The van der Waals surface area contributed by atoms with Crippen LogP contribution in [0.3, 0.4) is 0 Å². The number of nitrogens with zero attached hydrogens (tertiary/aromatic N) is 1. The standard InChI is InChI=1S/C30H19NO/c1-3-10-20(11-4-1)22-15-9-16-23-24-18-19-27-28(30(24)32-29(22)23)25-14-7-8-17-26(25)31(27)21-12-5-2-6-13-21/h1-19H. The largest absolute Gasteiger partial charge is 0.455 e. The highest BCUT2D eigenvalue weighted by atomic mass is 16.3. The fraction of sp³-hybridized carbons (Fsp3) is 0. The van der Waals surface area contributed by atoms with Crippen LogP contribution in [0, 0.1) is 0 Å². The summed E-state index contributed by atoms with van der Waals surface area (Å²) in [5, 5.41) is 4.68. The van der Waals surface area contributed by atoms with Crippen LogP contribution >= 0.6 is 0 Å². The number of aromatic nitrogens is 1. The van der Waals surface area contributed by atoms with Crippen molar-refractivity contribution < 1.29 is 4.42 Å². The first-order valence-corrected chi connectivity index (χ1v) is 10.9. The highest BCUT2D eigenvalue weighted by Gasteiger charge is 2.19. The van der Waals surface area contributed by atoms with Crippen molar-refractivity contribution in [1.29, 1.82) is 0 Å². The summed E-state index contributed by atoms with van der Waals surface area (Å²) in [6.45, 7) is 0. The number of furan rings is 1. The van der Waals surface area contributed by atoms with Crippen molar-refractivity contribution in [1.82, 2.24) is 4.57 Å². The molecule has 0 aliphatic rings. The van der Waals surface area contributed by atoms with Crippen LogP contribution in [-0.2, 0) is 0 Å². The van der Waals surface area contributed by atoms with Crippen molar-refractivity contribution >= 4 is 43.7 Å². The molecule has 0 atom stereocenters. The second-order valence-corrected chi connectivity index (χ2v) is 8.17. The van der Waals surface area contributed by atoms with E-state index in [1.807, 2.05) is 6.07 Å². The summed E-state index contributed by atoms with van der Waals surface area (Å²) in [7, 11) is 0. The molecule has 0 bridgehead atoms. The van der Waals surface area contributed by atoms with Gasteiger partial charge in [-0.3, -0.25) is 0 Å². The number of rotatable bonds is 2. The van der Waals surface area contributed by atoms with Gasteiger partial charge in [-0.05, 0) is 35.9 Å². The summed E-state index contributed by atoms with van der Waals surface area (Å²) in [5.74, 6) is 0. The Bertz CT molecular complexity index is 1760. The van der Waals surface area contributed by atoms with Gasteiger partial charge in [0.1, 0.15) is 11.2 Å². The van der Waals surface area contributed by atoms with Crippen molar-refractivity contribution in [2.24, 2.45) is 0 Å². The van der Waals surface area contributed by atoms with E-state index in [0.29, 0.717) is 0 Å². The van der Waals surface area contributed by atoms with Crippen LogP contribution in [0.5, 0.6) is 0 Å². The van der Waals surface area contributed by atoms with Crippen molar-refractivity contribution in [2.75, 3.05) is 0 Å². The lowest BCUT2D eigenvalue weighted by Crippen LogP contribution is -1.92. The van der Waals surface area contributed by atoms with E-state index in [4.69, 9.17) is 4.42 Å². The molecule has 32 heavy (non-hydrogen) atoms. The maximum atomic E-state index is 6.70. The van der Waals surface area contributed by atoms with Gasteiger partial charge in [0.2, 0.25) is 0 Å². The van der Waals surface area contributed by atoms with Gasteiger partial charge in [-0.15, -0.1) is 0 Å². The van der Waals surface area contributed by atoms with Gasteiger partial charge in [-0.1, -0.05) is 84.9 Å². The molecule has 0 spiro atoms. The molecule has 0 unspecified atom stereocenters. The van der Waals surface area contributed by atoms with Crippen molar-refractivity contribution in [3.63, 3.8) is 0 Å². The predicted octanol–water partition coefficient (Wildman–Crippen LogP) is 8.35. The number of hydrogen-bond donors (Lipinski definition) is 0. The summed E-state index contributed by atoms with van der Waals surface area (Å²) in [5.41, 5.74) is 7.68. The molecule has 0 aliphatic heterocycles. The van der Waals surface area contributed by atoms with Crippen molar-refractivity contribution in [2.45, 2.75) is 0 Å². The van der Waals surface area contributed by atoms with E-state index in [9.17, 15) is 0 Å². The zero-order valence-electron chi connectivity index (χ0n) is 17.3. The Labute approximate surface area is 184 Å². The molecule has 0 radical (unpaired) electrons. The molecule has 7 rings (SSSR count). The first-order chi connectivity index (χ1) is 15.9. The molecule has 5 aromatic carbocycles. The summed E-state index contributed by atoms with van der Waals surface area (Å²) >= 11 is 0. The molecule has 0 N–H and O–H groups in total. The van der Waals surface area contributed by atoms with Gasteiger partial charge in [0, 0.05) is 27.4 Å². The van der Waals surface area contributed by atoms with E-state index in [1.165, 1.54) is 16.5 Å². The molecule has 2 nitrogen and oxygen atoms in total. The fourth-order valence-electron chi connectivity index (χ4n) is 5.01. The number of fused-ring (bicyclic) bond motifs is 7. The zero-order chi connectivity index (χ0) is 21.1. The SMILES string of the molecule is c1ccc(-c2cccc3c2oc2c3ccc3c2c2ccccc2n3-c2ccccc2)cc1. The number of para-hydroxylation sites is 3. The fourth-order valence-corrected chi connectivity index (χ4v) is 5.01. The van der Waals surface area contributed by atoms with Crippen LogP contribution in [0.15, 0.2) is 120 Å². The lowest BCUT2D eigenvalue weighted by Gasteiger charge is -2.07. The average molecular weight is 409 g/mol. The Kier molecular flexibility index (Phi) is 3.58. The van der Waals surface area contributed by atoms with Gasteiger partial charge in [0.15, 0.2) is 0 Å². The molecule has 7 aromatic rings.